The minimum Gasteiger partial charge on any atom is -0.352 e. The molecule has 1 aromatic carbocycles. The SMILES string of the molecule is CN=C(NCc1cccc([N+](=O)[O-])c1)N1CCC(N2CCCC2)C1.I. The molecule has 0 amide bonds. The van der Waals surface area contributed by atoms with Gasteiger partial charge in [-0.15, -0.1) is 24.0 Å². The highest BCUT2D eigenvalue weighted by Crippen LogP contribution is 2.20. The van der Waals surface area contributed by atoms with Crippen LogP contribution in [0.2, 0.25) is 0 Å². The summed E-state index contributed by atoms with van der Waals surface area (Å²) in [6.45, 7) is 5.00. The molecular weight excluding hydrogens is 433 g/mol. The first-order valence-electron chi connectivity index (χ1n) is 8.60. The van der Waals surface area contributed by atoms with Gasteiger partial charge in [0.25, 0.3) is 5.69 Å². The maximum absolute atomic E-state index is 10.9. The van der Waals surface area contributed by atoms with Gasteiger partial charge in [0, 0.05) is 44.9 Å². The van der Waals surface area contributed by atoms with Crippen molar-refractivity contribution in [3.05, 3.63) is 39.9 Å². The van der Waals surface area contributed by atoms with Crippen LogP contribution >= 0.6 is 24.0 Å². The zero-order chi connectivity index (χ0) is 16.9. The van der Waals surface area contributed by atoms with Crippen molar-refractivity contribution in [2.24, 2.45) is 4.99 Å². The van der Waals surface area contributed by atoms with Gasteiger partial charge >= 0.3 is 0 Å². The first-order chi connectivity index (χ1) is 11.7. The van der Waals surface area contributed by atoms with E-state index in [9.17, 15) is 10.1 Å². The van der Waals surface area contributed by atoms with Crippen LogP contribution in [0, 0.1) is 10.1 Å². The van der Waals surface area contributed by atoms with Gasteiger partial charge in [-0.1, -0.05) is 12.1 Å². The number of nitro benzene ring substituents is 1. The summed E-state index contributed by atoms with van der Waals surface area (Å²) in [5.74, 6) is 0.878. The topological polar surface area (TPSA) is 74.0 Å². The minimum absolute atomic E-state index is 0. The van der Waals surface area contributed by atoms with E-state index in [0.717, 1.165) is 24.6 Å². The van der Waals surface area contributed by atoms with Crippen molar-refractivity contribution in [1.29, 1.82) is 0 Å². The molecule has 2 heterocycles. The molecule has 0 radical (unpaired) electrons. The number of nitrogens with zero attached hydrogens (tertiary/aromatic N) is 4. The summed E-state index contributed by atoms with van der Waals surface area (Å²) in [5, 5.41) is 14.2. The molecule has 1 unspecified atom stereocenters. The van der Waals surface area contributed by atoms with Crippen molar-refractivity contribution in [2.45, 2.75) is 31.8 Å². The van der Waals surface area contributed by atoms with E-state index in [4.69, 9.17) is 0 Å². The summed E-state index contributed by atoms with van der Waals surface area (Å²) < 4.78 is 0. The number of nitrogens with one attached hydrogen (secondary N) is 1. The third-order valence-electron chi connectivity index (χ3n) is 4.90. The standard InChI is InChI=1S/C17H25N5O2.HI/c1-18-17(19-12-14-5-4-6-15(11-14)22(23)24)21-10-7-16(13-21)20-8-2-3-9-20;/h4-6,11,16H,2-3,7-10,12-13H2,1H3,(H,18,19);1H. The zero-order valence-electron chi connectivity index (χ0n) is 14.6. The van der Waals surface area contributed by atoms with E-state index in [1.807, 2.05) is 6.07 Å². The number of hydrogen-bond acceptors (Lipinski definition) is 4. The average molecular weight is 459 g/mol. The Balaban J connectivity index is 0.00000225. The summed E-state index contributed by atoms with van der Waals surface area (Å²) in [6.07, 6.45) is 3.81. The lowest BCUT2D eigenvalue weighted by molar-refractivity contribution is -0.384. The van der Waals surface area contributed by atoms with Crippen molar-refractivity contribution >= 4 is 35.6 Å². The molecule has 8 heteroatoms. The van der Waals surface area contributed by atoms with Crippen LogP contribution in [-0.4, -0.2) is 60.0 Å². The normalized spacial score (nSPS) is 21.2. The molecule has 1 atom stereocenters. The summed E-state index contributed by atoms with van der Waals surface area (Å²) in [5.41, 5.74) is 1.01. The molecule has 0 saturated carbocycles. The maximum Gasteiger partial charge on any atom is 0.269 e. The monoisotopic (exact) mass is 459 g/mol. The highest BCUT2D eigenvalue weighted by atomic mass is 127. The van der Waals surface area contributed by atoms with Gasteiger partial charge in [-0.2, -0.15) is 0 Å². The van der Waals surface area contributed by atoms with Crippen LogP contribution < -0.4 is 5.32 Å². The van der Waals surface area contributed by atoms with Gasteiger partial charge in [0.05, 0.1) is 4.92 Å². The Labute approximate surface area is 165 Å². The summed E-state index contributed by atoms with van der Waals surface area (Å²) >= 11 is 0. The molecule has 25 heavy (non-hydrogen) atoms. The molecule has 0 aromatic heterocycles. The van der Waals surface area contributed by atoms with Crippen LogP contribution in [-0.2, 0) is 6.54 Å². The number of halogens is 1. The van der Waals surface area contributed by atoms with E-state index in [-0.39, 0.29) is 34.6 Å². The number of non-ortho nitro benzene ring substituents is 1. The molecule has 138 valence electrons. The molecule has 2 aliphatic rings. The van der Waals surface area contributed by atoms with Crippen LogP contribution in [0.3, 0.4) is 0 Å². The van der Waals surface area contributed by atoms with Crippen molar-refractivity contribution in [3.63, 3.8) is 0 Å². The lowest BCUT2D eigenvalue weighted by atomic mass is 10.2. The average Bonchev–Trinajstić information content (AvgIpc) is 3.27. The van der Waals surface area contributed by atoms with Crippen LogP contribution in [0.25, 0.3) is 0 Å². The van der Waals surface area contributed by atoms with E-state index in [1.54, 1.807) is 19.2 Å². The van der Waals surface area contributed by atoms with E-state index in [0.29, 0.717) is 12.6 Å². The Morgan fingerprint density at radius 3 is 2.80 bits per heavy atom. The zero-order valence-corrected chi connectivity index (χ0v) is 16.9. The van der Waals surface area contributed by atoms with Crippen LogP contribution in [0.4, 0.5) is 5.69 Å². The van der Waals surface area contributed by atoms with Crippen molar-refractivity contribution < 1.29 is 4.92 Å². The Morgan fingerprint density at radius 1 is 1.36 bits per heavy atom. The number of benzene rings is 1. The Morgan fingerprint density at radius 2 is 2.12 bits per heavy atom. The fourth-order valence-electron chi connectivity index (χ4n) is 3.63. The van der Waals surface area contributed by atoms with E-state index >= 15 is 0 Å². The third kappa shape index (κ3) is 5.04. The Hall–Kier alpha value is -1.42. The minimum atomic E-state index is -0.362. The quantitative estimate of drug-likeness (QED) is 0.246. The van der Waals surface area contributed by atoms with E-state index in [1.165, 1.54) is 38.4 Å². The molecule has 0 spiro atoms. The molecule has 2 fully saturated rings. The van der Waals surface area contributed by atoms with Gasteiger partial charge in [-0.05, 0) is 37.9 Å². The highest BCUT2D eigenvalue weighted by molar-refractivity contribution is 14.0. The maximum atomic E-state index is 10.9. The van der Waals surface area contributed by atoms with Crippen molar-refractivity contribution in [1.82, 2.24) is 15.1 Å². The largest absolute Gasteiger partial charge is 0.352 e. The fourth-order valence-corrected chi connectivity index (χ4v) is 3.63. The number of guanidine groups is 1. The van der Waals surface area contributed by atoms with Gasteiger partial charge in [-0.25, -0.2) is 0 Å². The number of aliphatic imine (C=N–C) groups is 1. The number of nitro groups is 1. The molecule has 1 aromatic rings. The van der Waals surface area contributed by atoms with Gasteiger partial charge < -0.3 is 10.2 Å². The van der Waals surface area contributed by atoms with Crippen molar-refractivity contribution in [3.8, 4) is 0 Å². The number of rotatable bonds is 4. The second-order valence-corrected chi connectivity index (χ2v) is 6.46. The summed E-state index contributed by atoms with van der Waals surface area (Å²) in [4.78, 5) is 19.8. The first-order valence-corrected chi connectivity index (χ1v) is 8.60. The number of likely N-dealkylation sites (tertiary alicyclic amines) is 2. The predicted octanol–water partition coefficient (Wildman–Crippen LogP) is 2.46. The molecule has 7 nitrogen and oxygen atoms in total. The van der Waals surface area contributed by atoms with Crippen LogP contribution in [0.15, 0.2) is 29.3 Å². The second kappa shape index (κ2) is 9.33. The molecule has 2 saturated heterocycles. The second-order valence-electron chi connectivity index (χ2n) is 6.46. The highest BCUT2D eigenvalue weighted by Gasteiger charge is 2.30. The first kappa shape index (κ1) is 19.9. The Bertz CT molecular complexity index is 619. The molecule has 0 aliphatic carbocycles. The predicted molar refractivity (Wildman–Crippen MR) is 109 cm³/mol. The fraction of sp³-hybridized carbons (Fsp3) is 0.588. The van der Waals surface area contributed by atoms with Crippen molar-refractivity contribution in [2.75, 3.05) is 33.2 Å². The summed E-state index contributed by atoms with van der Waals surface area (Å²) in [7, 11) is 1.79. The lowest BCUT2D eigenvalue weighted by Gasteiger charge is -2.25. The Kier molecular flexibility index (Phi) is 7.42. The van der Waals surface area contributed by atoms with Gasteiger partial charge in [0.1, 0.15) is 0 Å². The van der Waals surface area contributed by atoms with Gasteiger partial charge in [0.2, 0.25) is 0 Å². The third-order valence-corrected chi connectivity index (χ3v) is 4.90. The van der Waals surface area contributed by atoms with Crippen LogP contribution in [0.5, 0.6) is 0 Å². The summed E-state index contributed by atoms with van der Waals surface area (Å²) in [6, 6.07) is 7.36. The van der Waals surface area contributed by atoms with E-state index in [2.05, 4.69) is 20.1 Å². The molecule has 0 bridgehead atoms. The number of hydrogen-bond donors (Lipinski definition) is 1. The van der Waals surface area contributed by atoms with E-state index < -0.39 is 0 Å². The van der Waals surface area contributed by atoms with Crippen LogP contribution in [0.1, 0.15) is 24.8 Å². The molecule has 1 N–H and O–H groups in total. The smallest absolute Gasteiger partial charge is 0.269 e. The molecule has 3 rings (SSSR count). The lowest BCUT2D eigenvalue weighted by Crippen LogP contribution is -2.42. The molecular formula is C17H26IN5O2. The molecule has 2 aliphatic heterocycles. The van der Waals surface area contributed by atoms with Gasteiger partial charge in [0.15, 0.2) is 5.96 Å². The van der Waals surface area contributed by atoms with Gasteiger partial charge in [-0.3, -0.25) is 20.0 Å².